The predicted octanol–water partition coefficient (Wildman–Crippen LogP) is 3.31. The molecule has 0 fully saturated rings. The van der Waals surface area contributed by atoms with Crippen LogP contribution in [0.2, 0.25) is 5.02 Å². The average molecular weight is 421 g/mol. The number of carbonyl (C=O) groups excluding carboxylic acids is 1. The maximum absolute atomic E-state index is 14.6. The van der Waals surface area contributed by atoms with E-state index in [0.717, 1.165) is 6.07 Å². The number of carbonyl (C=O) groups is 1. The molecule has 2 unspecified atom stereocenters. The van der Waals surface area contributed by atoms with Crippen molar-refractivity contribution in [2.75, 3.05) is 0 Å². The molecular formula is C20H19ClF2N4O2. The second-order valence-electron chi connectivity index (χ2n) is 6.58. The summed E-state index contributed by atoms with van der Waals surface area (Å²) in [5.41, 5.74) is -1.74. The van der Waals surface area contributed by atoms with Crippen LogP contribution in [0, 0.1) is 11.6 Å². The van der Waals surface area contributed by atoms with Crippen LogP contribution in [0.5, 0.6) is 0 Å². The number of halogens is 3. The molecule has 9 heteroatoms. The van der Waals surface area contributed by atoms with Gasteiger partial charge in [0.05, 0.1) is 12.6 Å². The molecule has 0 aliphatic heterocycles. The maximum Gasteiger partial charge on any atom is 0.251 e. The van der Waals surface area contributed by atoms with Crippen molar-refractivity contribution in [2.45, 2.75) is 31.5 Å². The Bertz CT molecular complexity index is 983. The summed E-state index contributed by atoms with van der Waals surface area (Å²) < 4.78 is 29.4. The third-order valence-electron chi connectivity index (χ3n) is 4.66. The number of benzene rings is 2. The van der Waals surface area contributed by atoms with E-state index in [-0.39, 0.29) is 18.5 Å². The molecule has 152 valence electrons. The Morgan fingerprint density at radius 2 is 2.00 bits per heavy atom. The molecule has 2 N–H and O–H groups in total. The van der Waals surface area contributed by atoms with Gasteiger partial charge in [-0.2, -0.15) is 5.10 Å². The quantitative estimate of drug-likeness (QED) is 0.614. The van der Waals surface area contributed by atoms with Crippen molar-refractivity contribution in [2.24, 2.45) is 0 Å². The Kier molecular flexibility index (Phi) is 6.24. The molecule has 6 nitrogen and oxygen atoms in total. The van der Waals surface area contributed by atoms with Crippen molar-refractivity contribution in [3.63, 3.8) is 0 Å². The van der Waals surface area contributed by atoms with Crippen LogP contribution in [0.3, 0.4) is 0 Å². The van der Waals surface area contributed by atoms with Gasteiger partial charge in [0.2, 0.25) is 0 Å². The fourth-order valence-electron chi connectivity index (χ4n) is 3.19. The van der Waals surface area contributed by atoms with Gasteiger partial charge in [0.25, 0.3) is 5.91 Å². The summed E-state index contributed by atoms with van der Waals surface area (Å²) >= 11 is 5.85. The van der Waals surface area contributed by atoms with Gasteiger partial charge in [-0.3, -0.25) is 4.79 Å². The van der Waals surface area contributed by atoms with E-state index in [1.165, 1.54) is 23.4 Å². The van der Waals surface area contributed by atoms with Crippen LogP contribution in [-0.4, -0.2) is 31.8 Å². The second-order valence-corrected chi connectivity index (χ2v) is 7.02. The third kappa shape index (κ3) is 4.60. The minimum atomic E-state index is -1.91. The number of aromatic nitrogens is 3. The number of aliphatic hydroxyl groups is 1. The number of hydrogen-bond donors (Lipinski definition) is 2. The molecule has 1 heterocycles. The van der Waals surface area contributed by atoms with Gasteiger partial charge in [-0.15, -0.1) is 0 Å². The van der Waals surface area contributed by atoms with Crippen LogP contribution in [0.25, 0.3) is 0 Å². The molecule has 2 aromatic carbocycles. The van der Waals surface area contributed by atoms with Gasteiger partial charge in [0, 0.05) is 22.2 Å². The first-order chi connectivity index (χ1) is 13.8. The van der Waals surface area contributed by atoms with Crippen LogP contribution < -0.4 is 5.32 Å². The van der Waals surface area contributed by atoms with Crippen molar-refractivity contribution in [3.05, 3.63) is 82.9 Å². The summed E-state index contributed by atoms with van der Waals surface area (Å²) in [7, 11) is 0. The van der Waals surface area contributed by atoms with E-state index in [0.29, 0.717) is 16.7 Å². The van der Waals surface area contributed by atoms with Crippen molar-refractivity contribution < 1.29 is 18.7 Å². The smallest absolute Gasteiger partial charge is 0.251 e. The normalized spacial score (nSPS) is 14.2. The highest BCUT2D eigenvalue weighted by Gasteiger charge is 2.41. The third-order valence-corrected chi connectivity index (χ3v) is 4.92. The zero-order valence-electron chi connectivity index (χ0n) is 15.5. The molecule has 0 aliphatic carbocycles. The Morgan fingerprint density at radius 3 is 2.59 bits per heavy atom. The largest absolute Gasteiger partial charge is 0.381 e. The molecule has 0 saturated carbocycles. The lowest BCUT2D eigenvalue weighted by molar-refractivity contribution is -0.0251. The standard InChI is InChI=1S/C20H19ClF2N4O2/c1-2-18(26-19(28)13-3-5-14(21)6-4-13)20(29,10-27-12-24-11-25-27)16-8-7-15(22)9-17(16)23/h3-9,11-12,18,29H,2,10H2,1H3,(H,26,28). The molecule has 0 saturated heterocycles. The number of nitrogens with one attached hydrogen (secondary N) is 1. The second kappa shape index (κ2) is 8.67. The van der Waals surface area contributed by atoms with Crippen LogP contribution in [0.4, 0.5) is 8.78 Å². The van der Waals surface area contributed by atoms with Gasteiger partial charge in [-0.1, -0.05) is 24.6 Å². The topological polar surface area (TPSA) is 80.0 Å². The Balaban J connectivity index is 1.98. The molecule has 1 amide bonds. The fraction of sp³-hybridized carbons (Fsp3) is 0.250. The first kappa shape index (κ1) is 20.9. The van der Waals surface area contributed by atoms with E-state index >= 15 is 0 Å². The highest BCUT2D eigenvalue weighted by atomic mass is 35.5. The van der Waals surface area contributed by atoms with E-state index in [1.807, 2.05) is 0 Å². The summed E-state index contributed by atoms with van der Waals surface area (Å²) in [5.74, 6) is -2.16. The Hall–Kier alpha value is -2.84. The van der Waals surface area contributed by atoms with Crippen LogP contribution in [0.15, 0.2) is 55.1 Å². The molecule has 0 aliphatic rings. The maximum atomic E-state index is 14.6. The first-order valence-corrected chi connectivity index (χ1v) is 9.28. The summed E-state index contributed by atoms with van der Waals surface area (Å²) in [6.07, 6.45) is 2.90. The molecular weight excluding hydrogens is 402 g/mol. The highest BCUT2D eigenvalue weighted by molar-refractivity contribution is 6.30. The summed E-state index contributed by atoms with van der Waals surface area (Å²) in [6, 6.07) is 8.22. The van der Waals surface area contributed by atoms with Crippen molar-refractivity contribution in [1.82, 2.24) is 20.1 Å². The van der Waals surface area contributed by atoms with E-state index in [1.54, 1.807) is 31.2 Å². The number of hydrogen-bond acceptors (Lipinski definition) is 4. The van der Waals surface area contributed by atoms with Crippen molar-refractivity contribution in [3.8, 4) is 0 Å². The number of rotatable bonds is 7. The first-order valence-electron chi connectivity index (χ1n) is 8.90. The molecule has 0 spiro atoms. The minimum absolute atomic E-state index is 0.155. The molecule has 1 aromatic heterocycles. The van der Waals surface area contributed by atoms with Gasteiger partial charge < -0.3 is 10.4 Å². The van der Waals surface area contributed by atoms with E-state index in [2.05, 4.69) is 15.4 Å². The van der Waals surface area contributed by atoms with Gasteiger partial charge in [0.1, 0.15) is 29.9 Å². The number of nitrogens with zero attached hydrogens (tertiary/aromatic N) is 3. The van der Waals surface area contributed by atoms with Gasteiger partial charge >= 0.3 is 0 Å². The monoisotopic (exact) mass is 420 g/mol. The average Bonchev–Trinajstić information content (AvgIpc) is 3.18. The Morgan fingerprint density at radius 1 is 1.28 bits per heavy atom. The van der Waals surface area contributed by atoms with Gasteiger partial charge in [-0.25, -0.2) is 18.4 Å². The van der Waals surface area contributed by atoms with E-state index in [4.69, 9.17) is 11.6 Å². The van der Waals surface area contributed by atoms with E-state index in [9.17, 15) is 18.7 Å². The lowest BCUT2D eigenvalue weighted by Gasteiger charge is -2.36. The lowest BCUT2D eigenvalue weighted by atomic mass is 9.84. The minimum Gasteiger partial charge on any atom is -0.381 e. The van der Waals surface area contributed by atoms with Gasteiger partial charge in [0.15, 0.2) is 0 Å². The Labute approximate surface area is 171 Å². The molecule has 3 rings (SSSR count). The molecule has 3 aromatic rings. The van der Waals surface area contributed by atoms with Crippen LogP contribution >= 0.6 is 11.6 Å². The highest BCUT2D eigenvalue weighted by Crippen LogP contribution is 2.31. The van der Waals surface area contributed by atoms with Crippen LogP contribution in [0.1, 0.15) is 29.3 Å². The predicted molar refractivity (Wildman–Crippen MR) is 103 cm³/mol. The lowest BCUT2D eigenvalue weighted by Crippen LogP contribution is -2.53. The molecule has 0 bridgehead atoms. The zero-order chi connectivity index (χ0) is 21.0. The summed E-state index contributed by atoms with van der Waals surface area (Å²) in [6.45, 7) is 1.54. The molecule has 0 radical (unpaired) electrons. The summed E-state index contributed by atoms with van der Waals surface area (Å²) in [4.78, 5) is 16.5. The van der Waals surface area contributed by atoms with Crippen molar-refractivity contribution in [1.29, 1.82) is 0 Å². The fourth-order valence-corrected chi connectivity index (χ4v) is 3.31. The molecule has 29 heavy (non-hydrogen) atoms. The van der Waals surface area contributed by atoms with E-state index < -0.39 is 29.2 Å². The summed E-state index contributed by atoms with van der Waals surface area (Å²) in [5, 5.41) is 18.7. The zero-order valence-corrected chi connectivity index (χ0v) is 16.3. The molecule has 2 atom stereocenters. The van der Waals surface area contributed by atoms with Gasteiger partial charge in [-0.05, 0) is 36.8 Å². The van der Waals surface area contributed by atoms with Crippen LogP contribution in [-0.2, 0) is 12.1 Å². The SMILES string of the molecule is CCC(NC(=O)c1ccc(Cl)cc1)C(O)(Cn1cncn1)c1ccc(F)cc1F. The van der Waals surface area contributed by atoms with Crippen molar-refractivity contribution >= 4 is 17.5 Å². The number of amides is 1.